The molecule has 0 aliphatic heterocycles. The van der Waals surface area contributed by atoms with Crippen LogP contribution in [0.4, 0.5) is 4.79 Å². The molecule has 130 valence electrons. The largest absolute Gasteiger partial charge is 0.444 e. The standard InChI is InChI=1S/C18H30N2O3/c1-18(2,3)23-17(22)19-11-7-12-20(13-8-14-21)15-16-9-5-4-6-10-16/h4-6,9-10,21H,7-8,11-15H2,1-3H3,(H,19,22). The molecule has 0 spiro atoms. The van der Waals surface area contributed by atoms with Gasteiger partial charge < -0.3 is 15.2 Å². The zero-order valence-corrected chi connectivity index (χ0v) is 14.5. The van der Waals surface area contributed by atoms with Crippen molar-refractivity contribution in [1.29, 1.82) is 0 Å². The highest BCUT2D eigenvalue weighted by atomic mass is 16.6. The van der Waals surface area contributed by atoms with Crippen LogP contribution in [-0.2, 0) is 11.3 Å². The van der Waals surface area contributed by atoms with Gasteiger partial charge in [0.1, 0.15) is 5.60 Å². The molecule has 0 saturated heterocycles. The molecule has 0 unspecified atom stereocenters. The van der Waals surface area contributed by atoms with Gasteiger partial charge in [-0.05, 0) is 39.2 Å². The van der Waals surface area contributed by atoms with Crippen molar-refractivity contribution in [2.45, 2.75) is 45.8 Å². The van der Waals surface area contributed by atoms with Gasteiger partial charge in [-0.15, -0.1) is 0 Å². The Hall–Kier alpha value is -1.59. The predicted octanol–water partition coefficient (Wildman–Crippen LogP) is 2.79. The number of alkyl carbamates (subject to hydrolysis) is 1. The van der Waals surface area contributed by atoms with Crippen LogP contribution in [0.2, 0.25) is 0 Å². The Labute approximate surface area is 139 Å². The molecular formula is C18H30N2O3. The summed E-state index contributed by atoms with van der Waals surface area (Å²) in [5.74, 6) is 0. The average Bonchev–Trinajstić information content (AvgIpc) is 2.48. The molecule has 0 radical (unpaired) electrons. The van der Waals surface area contributed by atoms with E-state index in [0.29, 0.717) is 6.54 Å². The van der Waals surface area contributed by atoms with Gasteiger partial charge in [-0.2, -0.15) is 0 Å². The van der Waals surface area contributed by atoms with E-state index in [9.17, 15) is 4.79 Å². The van der Waals surface area contributed by atoms with Gasteiger partial charge in [0.15, 0.2) is 0 Å². The summed E-state index contributed by atoms with van der Waals surface area (Å²) in [6.07, 6.45) is 1.23. The molecule has 0 aliphatic carbocycles. The van der Waals surface area contributed by atoms with Gasteiger partial charge in [-0.1, -0.05) is 30.3 Å². The Morgan fingerprint density at radius 2 is 1.83 bits per heavy atom. The SMILES string of the molecule is CC(C)(C)OC(=O)NCCCN(CCCO)Cc1ccccc1. The highest BCUT2D eigenvalue weighted by molar-refractivity contribution is 5.67. The number of amides is 1. The Morgan fingerprint density at radius 1 is 1.17 bits per heavy atom. The highest BCUT2D eigenvalue weighted by Gasteiger charge is 2.15. The van der Waals surface area contributed by atoms with Gasteiger partial charge in [0.05, 0.1) is 0 Å². The van der Waals surface area contributed by atoms with Gasteiger partial charge in [0, 0.05) is 32.8 Å². The molecule has 23 heavy (non-hydrogen) atoms. The van der Waals surface area contributed by atoms with Crippen molar-refractivity contribution in [2.24, 2.45) is 0 Å². The first kappa shape index (κ1) is 19.5. The fourth-order valence-electron chi connectivity index (χ4n) is 2.21. The van der Waals surface area contributed by atoms with E-state index in [1.54, 1.807) is 0 Å². The summed E-state index contributed by atoms with van der Waals surface area (Å²) >= 11 is 0. The predicted molar refractivity (Wildman–Crippen MR) is 92.3 cm³/mol. The van der Waals surface area contributed by atoms with E-state index in [1.807, 2.05) is 39.0 Å². The van der Waals surface area contributed by atoms with E-state index in [2.05, 4.69) is 22.3 Å². The van der Waals surface area contributed by atoms with Crippen LogP contribution >= 0.6 is 0 Å². The van der Waals surface area contributed by atoms with Crippen LogP contribution in [0.5, 0.6) is 0 Å². The summed E-state index contributed by atoms with van der Waals surface area (Å²) in [4.78, 5) is 13.9. The van der Waals surface area contributed by atoms with Gasteiger partial charge in [0.25, 0.3) is 0 Å². The Balaban J connectivity index is 2.32. The summed E-state index contributed by atoms with van der Waals surface area (Å²) in [5, 5.41) is 11.8. The third-order valence-electron chi connectivity index (χ3n) is 3.20. The third kappa shape index (κ3) is 9.92. The maximum atomic E-state index is 11.6. The summed E-state index contributed by atoms with van der Waals surface area (Å²) < 4.78 is 5.21. The van der Waals surface area contributed by atoms with E-state index in [4.69, 9.17) is 9.84 Å². The van der Waals surface area contributed by atoms with Crippen molar-refractivity contribution in [3.05, 3.63) is 35.9 Å². The molecule has 5 nitrogen and oxygen atoms in total. The monoisotopic (exact) mass is 322 g/mol. The number of rotatable bonds is 9. The number of carbonyl (C=O) groups excluding carboxylic acids is 1. The minimum absolute atomic E-state index is 0.196. The van der Waals surface area contributed by atoms with Crippen molar-refractivity contribution in [3.63, 3.8) is 0 Å². The van der Waals surface area contributed by atoms with E-state index in [1.165, 1.54) is 5.56 Å². The average molecular weight is 322 g/mol. The summed E-state index contributed by atoms with van der Waals surface area (Å²) in [5.41, 5.74) is 0.787. The fourth-order valence-corrected chi connectivity index (χ4v) is 2.21. The quantitative estimate of drug-likeness (QED) is 0.686. The second-order valence-electron chi connectivity index (χ2n) is 6.62. The number of carbonyl (C=O) groups is 1. The number of nitrogens with zero attached hydrogens (tertiary/aromatic N) is 1. The van der Waals surface area contributed by atoms with E-state index < -0.39 is 5.60 Å². The number of nitrogens with one attached hydrogen (secondary N) is 1. The number of benzene rings is 1. The lowest BCUT2D eigenvalue weighted by molar-refractivity contribution is 0.0525. The van der Waals surface area contributed by atoms with Crippen LogP contribution in [-0.4, -0.2) is 47.9 Å². The molecule has 0 aromatic heterocycles. The maximum absolute atomic E-state index is 11.6. The first-order valence-corrected chi connectivity index (χ1v) is 8.25. The molecule has 1 amide bonds. The first-order valence-electron chi connectivity index (χ1n) is 8.25. The molecule has 1 aromatic rings. The number of ether oxygens (including phenoxy) is 1. The maximum Gasteiger partial charge on any atom is 0.407 e. The highest BCUT2D eigenvalue weighted by Crippen LogP contribution is 2.07. The van der Waals surface area contributed by atoms with Gasteiger partial charge in [-0.25, -0.2) is 4.79 Å². The molecular weight excluding hydrogens is 292 g/mol. The Bertz CT molecular complexity index is 443. The number of hydrogen-bond donors (Lipinski definition) is 2. The van der Waals surface area contributed by atoms with Gasteiger partial charge in [0.2, 0.25) is 0 Å². The smallest absolute Gasteiger partial charge is 0.407 e. The second-order valence-corrected chi connectivity index (χ2v) is 6.62. The van der Waals surface area contributed by atoms with Gasteiger partial charge in [-0.3, -0.25) is 4.90 Å². The molecule has 0 heterocycles. The van der Waals surface area contributed by atoms with Crippen LogP contribution in [0.3, 0.4) is 0 Å². The fraction of sp³-hybridized carbons (Fsp3) is 0.611. The van der Waals surface area contributed by atoms with Crippen LogP contribution in [0.15, 0.2) is 30.3 Å². The first-order chi connectivity index (χ1) is 10.9. The lowest BCUT2D eigenvalue weighted by atomic mass is 10.2. The van der Waals surface area contributed by atoms with Crippen molar-refractivity contribution in [2.75, 3.05) is 26.2 Å². The normalized spacial score (nSPS) is 11.5. The number of hydrogen-bond acceptors (Lipinski definition) is 4. The molecule has 1 rings (SSSR count). The van der Waals surface area contributed by atoms with Crippen LogP contribution < -0.4 is 5.32 Å². The molecule has 5 heteroatoms. The van der Waals surface area contributed by atoms with Crippen molar-refractivity contribution in [1.82, 2.24) is 10.2 Å². The van der Waals surface area contributed by atoms with E-state index >= 15 is 0 Å². The number of aliphatic hydroxyl groups is 1. The third-order valence-corrected chi connectivity index (χ3v) is 3.20. The Kier molecular flexibility index (Phi) is 8.66. The molecule has 0 bridgehead atoms. The van der Waals surface area contributed by atoms with E-state index in [0.717, 1.165) is 32.5 Å². The lowest BCUT2D eigenvalue weighted by Crippen LogP contribution is -2.34. The van der Waals surface area contributed by atoms with Crippen molar-refractivity contribution < 1.29 is 14.6 Å². The van der Waals surface area contributed by atoms with E-state index in [-0.39, 0.29) is 12.7 Å². The summed E-state index contributed by atoms with van der Waals surface area (Å²) in [6, 6.07) is 10.3. The second kappa shape index (κ2) is 10.2. The van der Waals surface area contributed by atoms with Crippen molar-refractivity contribution >= 4 is 6.09 Å². The number of aliphatic hydroxyl groups excluding tert-OH is 1. The molecule has 0 saturated carbocycles. The molecule has 0 aliphatic rings. The molecule has 0 fully saturated rings. The topological polar surface area (TPSA) is 61.8 Å². The zero-order chi connectivity index (χ0) is 17.1. The summed E-state index contributed by atoms with van der Waals surface area (Å²) in [6.45, 7) is 8.89. The van der Waals surface area contributed by atoms with Crippen LogP contribution in [0.1, 0.15) is 39.2 Å². The molecule has 0 atom stereocenters. The minimum atomic E-state index is -0.468. The Morgan fingerprint density at radius 3 is 2.43 bits per heavy atom. The minimum Gasteiger partial charge on any atom is -0.444 e. The van der Waals surface area contributed by atoms with Gasteiger partial charge >= 0.3 is 6.09 Å². The molecule has 2 N–H and O–H groups in total. The molecule has 1 aromatic carbocycles. The van der Waals surface area contributed by atoms with Crippen LogP contribution in [0.25, 0.3) is 0 Å². The zero-order valence-electron chi connectivity index (χ0n) is 14.5. The van der Waals surface area contributed by atoms with Crippen LogP contribution in [0, 0.1) is 0 Å². The van der Waals surface area contributed by atoms with Crippen molar-refractivity contribution in [3.8, 4) is 0 Å². The summed E-state index contributed by atoms with van der Waals surface area (Å²) in [7, 11) is 0. The lowest BCUT2D eigenvalue weighted by Gasteiger charge is -2.23.